The van der Waals surface area contributed by atoms with Crippen LogP contribution in [0.25, 0.3) is 22.3 Å². The van der Waals surface area contributed by atoms with Gasteiger partial charge >= 0.3 is 0 Å². The zero-order valence-electron chi connectivity index (χ0n) is 15.0. The molecule has 0 fully saturated rings. The Balaban J connectivity index is 2.17. The Morgan fingerprint density at radius 3 is 2.44 bits per heavy atom. The second-order valence-electron chi connectivity index (χ2n) is 6.38. The summed E-state index contributed by atoms with van der Waals surface area (Å²) in [6.07, 6.45) is 3.02. The maximum absolute atomic E-state index is 12.6. The van der Waals surface area contributed by atoms with Crippen LogP contribution in [0.4, 0.5) is 0 Å². The lowest BCUT2D eigenvalue weighted by atomic mass is 10.0. The van der Waals surface area contributed by atoms with Crippen molar-refractivity contribution in [2.75, 3.05) is 0 Å². The Bertz CT molecular complexity index is 1110. The molecule has 0 saturated heterocycles. The molecule has 1 heterocycles. The summed E-state index contributed by atoms with van der Waals surface area (Å²) in [4.78, 5) is 12.6. The van der Waals surface area contributed by atoms with Gasteiger partial charge in [-0.3, -0.25) is 4.79 Å². The van der Waals surface area contributed by atoms with Crippen molar-refractivity contribution in [3.8, 4) is 34.3 Å². The van der Waals surface area contributed by atoms with E-state index in [-0.39, 0.29) is 45.3 Å². The highest BCUT2D eigenvalue weighted by atomic mass is 16.3. The van der Waals surface area contributed by atoms with Gasteiger partial charge in [0.15, 0.2) is 16.9 Å². The van der Waals surface area contributed by atoms with Gasteiger partial charge < -0.3 is 24.8 Å². The van der Waals surface area contributed by atoms with Crippen LogP contribution in [0.1, 0.15) is 25.8 Å². The molecule has 1 aromatic heterocycles. The van der Waals surface area contributed by atoms with Gasteiger partial charge in [0.25, 0.3) is 0 Å². The first-order chi connectivity index (χ1) is 12.8. The van der Waals surface area contributed by atoms with Crippen molar-refractivity contribution in [1.29, 1.82) is 0 Å². The lowest BCUT2D eigenvalue weighted by molar-refractivity contribution is 0.404. The highest BCUT2D eigenvalue weighted by Gasteiger charge is 2.17. The molecule has 0 amide bonds. The minimum atomic E-state index is -0.478. The van der Waals surface area contributed by atoms with Crippen LogP contribution in [0.5, 0.6) is 23.0 Å². The van der Waals surface area contributed by atoms with Gasteiger partial charge in [-0.2, -0.15) is 0 Å². The standard InChI is InChI=1S/C21H20O6/c1-3-11(2)4-6-13-15(23)9-19-20(21(13)26)17(25)10-18(27-19)12-5-7-14(22)16(24)8-12/h4-5,7-10,22-24,26H,3,6H2,1-2H3/b11-4+. The Hall–Kier alpha value is -3.41. The van der Waals surface area contributed by atoms with Crippen LogP contribution in [-0.2, 0) is 6.42 Å². The normalized spacial score (nSPS) is 11.9. The Labute approximate surface area is 155 Å². The number of hydrogen-bond donors (Lipinski definition) is 4. The molecule has 0 unspecified atom stereocenters. The zero-order chi connectivity index (χ0) is 19.7. The molecule has 27 heavy (non-hydrogen) atoms. The summed E-state index contributed by atoms with van der Waals surface area (Å²) >= 11 is 0. The topological polar surface area (TPSA) is 111 Å². The maximum Gasteiger partial charge on any atom is 0.197 e. The third-order valence-electron chi connectivity index (χ3n) is 4.55. The Morgan fingerprint density at radius 2 is 1.78 bits per heavy atom. The first-order valence-corrected chi connectivity index (χ1v) is 8.51. The summed E-state index contributed by atoms with van der Waals surface area (Å²) in [6, 6.07) is 6.50. The monoisotopic (exact) mass is 368 g/mol. The number of rotatable bonds is 4. The number of hydrogen-bond acceptors (Lipinski definition) is 6. The Morgan fingerprint density at radius 1 is 1.04 bits per heavy atom. The zero-order valence-corrected chi connectivity index (χ0v) is 15.0. The van der Waals surface area contributed by atoms with E-state index in [1.807, 2.05) is 19.9 Å². The summed E-state index contributed by atoms with van der Waals surface area (Å²) in [5, 5.41) is 39.8. The molecule has 0 aliphatic carbocycles. The van der Waals surface area contributed by atoms with E-state index in [2.05, 4.69) is 0 Å². The van der Waals surface area contributed by atoms with E-state index < -0.39 is 5.43 Å². The van der Waals surface area contributed by atoms with Crippen LogP contribution in [0.2, 0.25) is 0 Å². The van der Waals surface area contributed by atoms with E-state index in [9.17, 15) is 25.2 Å². The van der Waals surface area contributed by atoms with Gasteiger partial charge in [0.2, 0.25) is 0 Å². The SMILES string of the molecule is CC/C(C)=C/Cc1c(O)cc2oc(-c3ccc(O)c(O)c3)cc(=O)c2c1O. The number of phenols is 4. The summed E-state index contributed by atoms with van der Waals surface area (Å²) < 4.78 is 5.66. The van der Waals surface area contributed by atoms with Gasteiger partial charge in [0.05, 0.1) is 0 Å². The third kappa shape index (κ3) is 3.46. The molecule has 6 heteroatoms. The largest absolute Gasteiger partial charge is 0.507 e. The summed E-state index contributed by atoms with van der Waals surface area (Å²) in [7, 11) is 0. The Kier molecular flexibility index (Phi) is 4.81. The van der Waals surface area contributed by atoms with Crippen LogP contribution in [-0.4, -0.2) is 20.4 Å². The molecule has 4 N–H and O–H groups in total. The molecular weight excluding hydrogens is 348 g/mol. The molecule has 6 nitrogen and oxygen atoms in total. The number of phenolic OH excluding ortho intramolecular Hbond substituents is 4. The fourth-order valence-electron chi connectivity index (χ4n) is 2.77. The molecule has 0 bridgehead atoms. The number of aromatic hydroxyl groups is 4. The maximum atomic E-state index is 12.6. The van der Waals surface area contributed by atoms with Crippen molar-refractivity contribution >= 4 is 11.0 Å². The van der Waals surface area contributed by atoms with Crippen LogP contribution < -0.4 is 5.43 Å². The third-order valence-corrected chi connectivity index (χ3v) is 4.55. The molecule has 0 saturated carbocycles. The van der Waals surface area contributed by atoms with E-state index in [0.29, 0.717) is 12.0 Å². The van der Waals surface area contributed by atoms with E-state index in [1.54, 1.807) is 0 Å². The van der Waals surface area contributed by atoms with Gasteiger partial charge in [0, 0.05) is 23.3 Å². The lowest BCUT2D eigenvalue weighted by Gasteiger charge is -2.10. The molecule has 2 aromatic carbocycles. The number of fused-ring (bicyclic) bond motifs is 1. The molecule has 0 aliphatic rings. The second-order valence-corrected chi connectivity index (χ2v) is 6.38. The molecule has 0 aliphatic heterocycles. The molecule has 3 aromatic rings. The predicted octanol–water partition coefficient (Wildman–Crippen LogP) is 4.18. The predicted molar refractivity (Wildman–Crippen MR) is 102 cm³/mol. The van der Waals surface area contributed by atoms with E-state index in [0.717, 1.165) is 12.0 Å². The summed E-state index contributed by atoms with van der Waals surface area (Å²) in [6.45, 7) is 3.95. The highest BCUT2D eigenvalue weighted by Crippen LogP contribution is 2.37. The fourth-order valence-corrected chi connectivity index (χ4v) is 2.77. The van der Waals surface area contributed by atoms with Crippen LogP contribution in [0, 0.1) is 0 Å². The van der Waals surface area contributed by atoms with Crippen molar-refractivity contribution in [3.05, 3.63) is 57.8 Å². The van der Waals surface area contributed by atoms with Gasteiger partial charge in [-0.15, -0.1) is 0 Å². The molecule has 3 rings (SSSR count). The van der Waals surface area contributed by atoms with Crippen molar-refractivity contribution in [3.63, 3.8) is 0 Å². The van der Waals surface area contributed by atoms with Gasteiger partial charge in [-0.05, 0) is 38.0 Å². The van der Waals surface area contributed by atoms with E-state index in [1.165, 1.54) is 30.3 Å². The van der Waals surface area contributed by atoms with Crippen LogP contribution >= 0.6 is 0 Å². The summed E-state index contributed by atoms with van der Waals surface area (Å²) in [5.41, 5.74) is 1.28. The van der Waals surface area contributed by atoms with Crippen molar-refractivity contribution < 1.29 is 24.8 Å². The van der Waals surface area contributed by atoms with E-state index in [4.69, 9.17) is 4.42 Å². The molecule has 0 atom stereocenters. The van der Waals surface area contributed by atoms with Crippen molar-refractivity contribution in [2.45, 2.75) is 26.7 Å². The fraction of sp³-hybridized carbons (Fsp3) is 0.190. The molecule has 0 radical (unpaired) electrons. The van der Waals surface area contributed by atoms with Gasteiger partial charge in [0.1, 0.15) is 28.2 Å². The van der Waals surface area contributed by atoms with Gasteiger partial charge in [-0.25, -0.2) is 0 Å². The van der Waals surface area contributed by atoms with Crippen molar-refractivity contribution in [1.82, 2.24) is 0 Å². The molecule has 140 valence electrons. The number of benzene rings is 2. The van der Waals surface area contributed by atoms with Crippen molar-refractivity contribution in [2.24, 2.45) is 0 Å². The highest BCUT2D eigenvalue weighted by molar-refractivity contribution is 5.88. The minimum absolute atomic E-state index is 0.0166. The van der Waals surface area contributed by atoms with E-state index >= 15 is 0 Å². The first kappa shape index (κ1) is 18.4. The lowest BCUT2D eigenvalue weighted by Crippen LogP contribution is -2.02. The molecule has 0 spiro atoms. The molecular formula is C21H20O6. The summed E-state index contributed by atoms with van der Waals surface area (Å²) in [5.74, 6) is -0.990. The second kappa shape index (κ2) is 7.07. The average Bonchev–Trinajstić information content (AvgIpc) is 2.62. The smallest absolute Gasteiger partial charge is 0.197 e. The average molecular weight is 368 g/mol. The minimum Gasteiger partial charge on any atom is -0.507 e. The first-order valence-electron chi connectivity index (χ1n) is 8.51. The quantitative estimate of drug-likeness (QED) is 0.406. The van der Waals surface area contributed by atoms with Crippen LogP contribution in [0.3, 0.4) is 0 Å². The van der Waals surface area contributed by atoms with Gasteiger partial charge in [-0.1, -0.05) is 18.6 Å². The number of allylic oxidation sites excluding steroid dienone is 2. The van der Waals surface area contributed by atoms with Crippen LogP contribution in [0.15, 0.2) is 51.2 Å².